The molecule has 1 aromatic rings. The second kappa shape index (κ2) is 3.02. The number of hydrogen-bond acceptors (Lipinski definition) is 1. The molecule has 0 N–H and O–H groups in total. The predicted molar refractivity (Wildman–Crippen MR) is 37.9 cm³/mol. The van der Waals surface area contributed by atoms with Crippen molar-refractivity contribution in [2.45, 2.75) is 10.5 Å². The Morgan fingerprint density at radius 2 is 2.08 bits per heavy atom. The zero-order chi connectivity index (χ0) is 9.35. The van der Waals surface area contributed by atoms with Gasteiger partial charge >= 0.3 is 5.51 Å². The van der Waals surface area contributed by atoms with Gasteiger partial charge in [0.25, 0.3) is 0 Å². The molecule has 1 aromatic heterocycles. The lowest BCUT2D eigenvalue weighted by Crippen LogP contribution is -2.25. The van der Waals surface area contributed by atoms with E-state index in [9.17, 15) is 17.7 Å². The first kappa shape index (κ1) is 9.47. The molecule has 0 radical (unpaired) electrons. The Morgan fingerprint density at radius 1 is 1.50 bits per heavy atom. The van der Waals surface area contributed by atoms with Crippen molar-refractivity contribution in [2.24, 2.45) is 7.05 Å². The third-order valence-corrected chi connectivity index (χ3v) is 2.52. The number of halogens is 3. The van der Waals surface area contributed by atoms with Crippen LogP contribution in [0.4, 0.5) is 13.2 Å². The van der Waals surface area contributed by atoms with Gasteiger partial charge in [0.2, 0.25) is 5.03 Å². The Hall–Kier alpha value is -0.620. The third kappa shape index (κ3) is 1.75. The maximum atomic E-state index is 11.9. The number of aryl methyl sites for hydroxylation is 1. The highest BCUT2D eigenvalue weighted by molar-refractivity contribution is 7.92. The van der Waals surface area contributed by atoms with E-state index >= 15 is 0 Å². The molecule has 1 rings (SSSR count). The van der Waals surface area contributed by atoms with E-state index < -0.39 is 16.7 Å². The smallest absolute Gasteiger partial charge is 0.579 e. The van der Waals surface area contributed by atoms with Gasteiger partial charge in [-0.15, -0.1) is 13.2 Å². The van der Waals surface area contributed by atoms with Crippen LogP contribution in [0.3, 0.4) is 0 Å². The first-order valence-corrected chi connectivity index (χ1v) is 4.18. The monoisotopic (exact) mass is 197 g/mol. The molecule has 0 aliphatic rings. The first-order chi connectivity index (χ1) is 5.43. The minimum atomic E-state index is -4.67. The van der Waals surface area contributed by atoms with Crippen molar-refractivity contribution in [3.63, 3.8) is 0 Å². The van der Waals surface area contributed by atoms with Crippen LogP contribution in [0.5, 0.6) is 0 Å². The van der Waals surface area contributed by atoms with Crippen LogP contribution in [-0.4, -0.2) is 14.6 Å². The summed E-state index contributed by atoms with van der Waals surface area (Å²) in [5.74, 6) is 0. The van der Waals surface area contributed by atoms with Gasteiger partial charge in [-0.2, -0.15) is 0 Å². The van der Waals surface area contributed by atoms with Crippen LogP contribution in [0.15, 0.2) is 23.4 Å². The van der Waals surface area contributed by atoms with E-state index in [1.165, 1.54) is 29.9 Å². The Bertz CT molecular complexity index is 270. The Morgan fingerprint density at radius 3 is 2.42 bits per heavy atom. The minimum Gasteiger partial charge on any atom is -0.603 e. The molecule has 0 spiro atoms. The van der Waals surface area contributed by atoms with Crippen molar-refractivity contribution in [2.75, 3.05) is 0 Å². The molecule has 2 nitrogen and oxygen atoms in total. The number of alkyl halides is 3. The summed E-state index contributed by atoms with van der Waals surface area (Å²) in [6.07, 6.45) is 1.42. The first-order valence-electron chi connectivity index (χ1n) is 3.03. The zero-order valence-corrected chi connectivity index (χ0v) is 6.95. The van der Waals surface area contributed by atoms with Crippen LogP contribution in [0, 0.1) is 0 Å². The molecule has 0 saturated heterocycles. The highest BCUT2D eigenvalue weighted by Crippen LogP contribution is 2.29. The lowest BCUT2D eigenvalue weighted by Gasteiger charge is -2.11. The fourth-order valence-electron chi connectivity index (χ4n) is 0.757. The van der Waals surface area contributed by atoms with E-state index in [2.05, 4.69) is 0 Å². The number of hydrogen-bond donors (Lipinski definition) is 0. The fourth-order valence-corrected chi connectivity index (χ4v) is 1.52. The van der Waals surface area contributed by atoms with Gasteiger partial charge in [0, 0.05) is 19.3 Å². The normalized spacial score (nSPS) is 14.8. The van der Waals surface area contributed by atoms with Gasteiger partial charge in [-0.25, -0.2) is 0 Å². The molecule has 0 bridgehead atoms. The average molecular weight is 197 g/mol. The molecular weight excluding hydrogens is 191 g/mol. The maximum Gasteiger partial charge on any atom is 0.579 e. The molecule has 6 heteroatoms. The van der Waals surface area contributed by atoms with Crippen molar-refractivity contribution < 1.29 is 17.7 Å². The Kier molecular flexibility index (Phi) is 2.39. The molecule has 0 aromatic carbocycles. The van der Waals surface area contributed by atoms with Crippen LogP contribution in [0.25, 0.3) is 0 Å². The molecule has 0 saturated carbocycles. The number of rotatable bonds is 1. The maximum absolute atomic E-state index is 11.9. The lowest BCUT2D eigenvalue weighted by molar-refractivity contribution is -0.0438. The van der Waals surface area contributed by atoms with Crippen molar-refractivity contribution in [1.29, 1.82) is 0 Å². The van der Waals surface area contributed by atoms with Crippen molar-refractivity contribution in [3.05, 3.63) is 18.3 Å². The van der Waals surface area contributed by atoms with Gasteiger partial charge in [0.15, 0.2) is 0 Å². The summed E-state index contributed by atoms with van der Waals surface area (Å²) in [5, 5.41) is -0.234. The van der Waals surface area contributed by atoms with E-state index in [4.69, 9.17) is 0 Å². The van der Waals surface area contributed by atoms with Crippen molar-refractivity contribution in [1.82, 2.24) is 4.57 Å². The third-order valence-electron chi connectivity index (χ3n) is 1.30. The molecular formula is C6H6F3NOS. The molecule has 1 atom stereocenters. The second-order valence-corrected chi connectivity index (χ2v) is 3.59. The standard InChI is InChI=1S/C6H6F3NOS/c1-10-4-2-3-5(10)12(11)6(7,8)9/h2-4H,1H3. The fraction of sp³-hybridized carbons (Fsp3) is 0.333. The molecule has 12 heavy (non-hydrogen) atoms. The van der Waals surface area contributed by atoms with Gasteiger partial charge in [-0.3, -0.25) is 0 Å². The summed E-state index contributed by atoms with van der Waals surface area (Å²) >= 11 is -2.92. The number of nitrogens with zero attached hydrogens (tertiary/aromatic N) is 1. The van der Waals surface area contributed by atoms with Crippen LogP contribution in [0.2, 0.25) is 0 Å². The predicted octanol–water partition coefficient (Wildman–Crippen LogP) is 1.65. The van der Waals surface area contributed by atoms with Crippen LogP contribution in [-0.2, 0) is 18.2 Å². The summed E-state index contributed by atoms with van der Waals surface area (Å²) in [7, 11) is 1.42. The van der Waals surface area contributed by atoms with E-state index in [0.29, 0.717) is 0 Å². The molecule has 1 unspecified atom stereocenters. The van der Waals surface area contributed by atoms with Crippen LogP contribution < -0.4 is 0 Å². The topological polar surface area (TPSA) is 28.0 Å². The molecule has 68 valence electrons. The summed E-state index contributed by atoms with van der Waals surface area (Å²) in [4.78, 5) is 0. The van der Waals surface area contributed by atoms with Gasteiger partial charge in [-0.05, 0) is 6.07 Å². The van der Waals surface area contributed by atoms with Crippen LogP contribution in [0.1, 0.15) is 0 Å². The van der Waals surface area contributed by atoms with Gasteiger partial charge in [0.1, 0.15) is 11.2 Å². The second-order valence-electron chi connectivity index (χ2n) is 2.17. The summed E-state index contributed by atoms with van der Waals surface area (Å²) in [6, 6.07) is 2.60. The molecule has 1 heterocycles. The zero-order valence-electron chi connectivity index (χ0n) is 6.13. The Labute approximate surface area is 70.2 Å². The van der Waals surface area contributed by atoms with E-state index in [0.717, 1.165) is 0 Å². The van der Waals surface area contributed by atoms with Crippen molar-refractivity contribution in [3.8, 4) is 0 Å². The van der Waals surface area contributed by atoms with Gasteiger partial charge in [0.05, 0.1) is 0 Å². The highest BCUT2D eigenvalue weighted by Gasteiger charge is 2.47. The van der Waals surface area contributed by atoms with E-state index in [1.807, 2.05) is 0 Å². The van der Waals surface area contributed by atoms with E-state index in [1.54, 1.807) is 0 Å². The summed E-state index contributed by atoms with van der Waals surface area (Å²) in [5.41, 5.74) is -4.67. The molecule has 0 amide bonds. The largest absolute Gasteiger partial charge is 0.603 e. The highest BCUT2D eigenvalue weighted by atomic mass is 32.2. The average Bonchev–Trinajstić information content (AvgIpc) is 2.31. The molecule has 0 fully saturated rings. The summed E-state index contributed by atoms with van der Waals surface area (Å²) in [6.45, 7) is 0. The minimum absolute atomic E-state index is 0.234. The quantitative estimate of drug-likeness (QED) is 0.629. The molecule has 0 aliphatic heterocycles. The number of aromatic nitrogens is 1. The SMILES string of the molecule is Cn1cccc1[S+]([O-])C(F)(F)F. The van der Waals surface area contributed by atoms with E-state index in [-0.39, 0.29) is 5.03 Å². The molecule has 0 aliphatic carbocycles. The lowest BCUT2D eigenvalue weighted by atomic mass is 10.7. The van der Waals surface area contributed by atoms with Gasteiger partial charge in [-0.1, -0.05) is 0 Å². The Balaban J connectivity index is 2.92. The van der Waals surface area contributed by atoms with Gasteiger partial charge < -0.3 is 9.12 Å². The summed E-state index contributed by atoms with van der Waals surface area (Å²) < 4.78 is 47.5. The van der Waals surface area contributed by atoms with Crippen LogP contribution >= 0.6 is 0 Å². The van der Waals surface area contributed by atoms with Crippen molar-refractivity contribution >= 4 is 11.2 Å².